The number of benzene rings is 1. The van der Waals surface area contributed by atoms with Crippen LogP contribution in [0.25, 0.3) is 17.3 Å². The first kappa shape index (κ1) is 15.6. The van der Waals surface area contributed by atoms with Gasteiger partial charge in [0.05, 0.1) is 5.69 Å². The summed E-state index contributed by atoms with van der Waals surface area (Å²) in [5.41, 5.74) is 1.87. The monoisotopic (exact) mass is 349 g/mol. The number of oxazole rings is 1. The molecule has 0 aliphatic heterocycles. The molecule has 25 heavy (non-hydrogen) atoms. The van der Waals surface area contributed by atoms with E-state index < -0.39 is 0 Å². The highest BCUT2D eigenvalue weighted by molar-refractivity contribution is 7.98. The van der Waals surface area contributed by atoms with E-state index in [1.165, 1.54) is 0 Å². The SMILES string of the molecule is Cc1oc(-c2ccccc2)nc1CSc1nccnc1-n1cccn1. The van der Waals surface area contributed by atoms with E-state index in [1.54, 1.807) is 35.0 Å². The van der Waals surface area contributed by atoms with Crippen molar-refractivity contribution in [2.75, 3.05) is 0 Å². The first-order valence-corrected chi connectivity index (χ1v) is 8.75. The molecule has 124 valence electrons. The zero-order valence-electron chi connectivity index (χ0n) is 13.5. The normalized spacial score (nSPS) is 10.9. The predicted octanol–water partition coefficient (Wildman–Crippen LogP) is 3.92. The summed E-state index contributed by atoms with van der Waals surface area (Å²) < 4.78 is 7.52. The molecular weight excluding hydrogens is 334 g/mol. The fourth-order valence-electron chi connectivity index (χ4n) is 2.37. The second-order valence-corrected chi connectivity index (χ2v) is 6.28. The van der Waals surface area contributed by atoms with E-state index in [0.29, 0.717) is 17.5 Å². The standard InChI is InChI=1S/C18H15N5OS/c1-13-15(22-17(24-13)14-6-3-2-4-7-14)12-25-18-16(19-9-10-20-18)23-11-5-8-21-23/h2-11H,12H2,1H3. The van der Waals surface area contributed by atoms with Gasteiger partial charge in [0, 0.05) is 36.1 Å². The highest BCUT2D eigenvalue weighted by Gasteiger charge is 2.14. The second-order valence-electron chi connectivity index (χ2n) is 5.31. The second kappa shape index (κ2) is 6.90. The van der Waals surface area contributed by atoms with Gasteiger partial charge in [0.15, 0.2) is 5.82 Å². The molecule has 4 rings (SSSR count). The number of thioether (sulfide) groups is 1. The average Bonchev–Trinajstić information content (AvgIpc) is 3.31. The van der Waals surface area contributed by atoms with Crippen molar-refractivity contribution in [2.24, 2.45) is 0 Å². The van der Waals surface area contributed by atoms with E-state index in [4.69, 9.17) is 4.42 Å². The molecule has 0 amide bonds. The van der Waals surface area contributed by atoms with Gasteiger partial charge in [-0.1, -0.05) is 30.0 Å². The molecule has 0 saturated carbocycles. The molecule has 0 radical (unpaired) electrons. The van der Waals surface area contributed by atoms with Crippen LogP contribution in [-0.4, -0.2) is 24.7 Å². The topological polar surface area (TPSA) is 69.6 Å². The Labute approximate surface area is 149 Å². The third-order valence-electron chi connectivity index (χ3n) is 3.63. The molecule has 0 fully saturated rings. The van der Waals surface area contributed by atoms with Crippen LogP contribution in [-0.2, 0) is 5.75 Å². The van der Waals surface area contributed by atoms with Gasteiger partial charge in [-0.15, -0.1) is 0 Å². The number of rotatable bonds is 5. The van der Waals surface area contributed by atoms with Crippen LogP contribution in [0.4, 0.5) is 0 Å². The Bertz CT molecular complexity index is 966. The van der Waals surface area contributed by atoms with Crippen molar-refractivity contribution in [3.05, 3.63) is 72.6 Å². The van der Waals surface area contributed by atoms with Crippen LogP contribution in [0.5, 0.6) is 0 Å². The molecule has 0 unspecified atom stereocenters. The van der Waals surface area contributed by atoms with E-state index in [9.17, 15) is 0 Å². The van der Waals surface area contributed by atoms with Crippen LogP contribution in [0.3, 0.4) is 0 Å². The van der Waals surface area contributed by atoms with Crippen LogP contribution in [0.1, 0.15) is 11.5 Å². The molecule has 3 aromatic heterocycles. The molecule has 0 atom stereocenters. The van der Waals surface area contributed by atoms with Crippen LogP contribution in [0.2, 0.25) is 0 Å². The lowest BCUT2D eigenvalue weighted by Crippen LogP contribution is -2.01. The molecule has 1 aromatic carbocycles. The average molecular weight is 349 g/mol. The van der Waals surface area contributed by atoms with Gasteiger partial charge in [0.25, 0.3) is 0 Å². The van der Waals surface area contributed by atoms with Gasteiger partial charge >= 0.3 is 0 Å². The van der Waals surface area contributed by atoms with Gasteiger partial charge < -0.3 is 4.42 Å². The predicted molar refractivity (Wildman–Crippen MR) is 95.4 cm³/mol. The summed E-state index contributed by atoms with van der Waals surface area (Å²) in [4.78, 5) is 13.4. The first-order valence-electron chi connectivity index (χ1n) is 7.77. The van der Waals surface area contributed by atoms with Crippen molar-refractivity contribution in [1.82, 2.24) is 24.7 Å². The van der Waals surface area contributed by atoms with Gasteiger partial charge in [0.1, 0.15) is 10.8 Å². The molecule has 0 spiro atoms. The minimum atomic E-state index is 0.639. The lowest BCUT2D eigenvalue weighted by Gasteiger charge is -2.05. The van der Waals surface area contributed by atoms with Crippen molar-refractivity contribution < 1.29 is 4.42 Å². The third kappa shape index (κ3) is 3.32. The van der Waals surface area contributed by atoms with E-state index in [0.717, 1.165) is 22.0 Å². The summed E-state index contributed by atoms with van der Waals surface area (Å²) in [6.07, 6.45) is 6.91. The maximum absolute atomic E-state index is 5.81. The number of nitrogens with zero attached hydrogens (tertiary/aromatic N) is 5. The molecule has 6 nitrogen and oxygen atoms in total. The summed E-state index contributed by atoms with van der Waals surface area (Å²) in [5.74, 6) is 2.81. The van der Waals surface area contributed by atoms with Crippen molar-refractivity contribution in [2.45, 2.75) is 17.7 Å². The molecule has 0 aliphatic rings. The van der Waals surface area contributed by atoms with E-state index in [2.05, 4.69) is 20.1 Å². The Morgan fingerprint density at radius 3 is 2.68 bits per heavy atom. The number of hydrogen-bond acceptors (Lipinski definition) is 6. The Hall–Kier alpha value is -2.93. The number of aryl methyl sites for hydroxylation is 1. The molecule has 0 N–H and O–H groups in total. The summed E-state index contributed by atoms with van der Waals surface area (Å²) >= 11 is 1.56. The zero-order chi connectivity index (χ0) is 17.1. The lowest BCUT2D eigenvalue weighted by molar-refractivity contribution is 0.540. The Balaban J connectivity index is 1.56. The van der Waals surface area contributed by atoms with Crippen molar-refractivity contribution >= 4 is 11.8 Å². The minimum Gasteiger partial charge on any atom is -0.441 e. The Kier molecular flexibility index (Phi) is 4.30. The number of hydrogen-bond donors (Lipinski definition) is 0. The number of aromatic nitrogens is 5. The zero-order valence-corrected chi connectivity index (χ0v) is 14.3. The van der Waals surface area contributed by atoms with Crippen LogP contribution in [0.15, 0.2) is 70.6 Å². The minimum absolute atomic E-state index is 0.639. The van der Waals surface area contributed by atoms with Gasteiger partial charge in [-0.05, 0) is 25.1 Å². The molecule has 7 heteroatoms. The molecular formula is C18H15N5OS. The third-order valence-corrected chi connectivity index (χ3v) is 4.61. The van der Waals surface area contributed by atoms with Crippen LogP contribution < -0.4 is 0 Å². The fourth-order valence-corrected chi connectivity index (χ4v) is 3.33. The van der Waals surface area contributed by atoms with Gasteiger partial charge in [-0.2, -0.15) is 5.10 Å². The van der Waals surface area contributed by atoms with Gasteiger partial charge in [-0.3, -0.25) is 0 Å². The van der Waals surface area contributed by atoms with E-state index in [-0.39, 0.29) is 0 Å². The molecule has 0 saturated heterocycles. The fraction of sp³-hybridized carbons (Fsp3) is 0.111. The highest BCUT2D eigenvalue weighted by Crippen LogP contribution is 2.28. The van der Waals surface area contributed by atoms with Crippen molar-refractivity contribution in [3.8, 4) is 17.3 Å². The highest BCUT2D eigenvalue weighted by atomic mass is 32.2. The quantitative estimate of drug-likeness (QED) is 0.509. The van der Waals surface area contributed by atoms with Crippen molar-refractivity contribution in [1.29, 1.82) is 0 Å². The Morgan fingerprint density at radius 2 is 1.88 bits per heavy atom. The molecule has 4 aromatic rings. The molecule has 0 aliphatic carbocycles. The van der Waals surface area contributed by atoms with E-state index >= 15 is 0 Å². The Morgan fingerprint density at radius 1 is 1.04 bits per heavy atom. The van der Waals surface area contributed by atoms with Gasteiger partial charge in [0.2, 0.25) is 5.89 Å². The molecule has 0 bridgehead atoms. The summed E-state index contributed by atoms with van der Waals surface area (Å²) in [6.45, 7) is 1.93. The first-order chi connectivity index (χ1) is 12.3. The lowest BCUT2D eigenvalue weighted by atomic mass is 10.2. The summed E-state index contributed by atoms with van der Waals surface area (Å²) in [6, 6.07) is 11.7. The van der Waals surface area contributed by atoms with Crippen molar-refractivity contribution in [3.63, 3.8) is 0 Å². The van der Waals surface area contributed by atoms with E-state index in [1.807, 2.05) is 49.5 Å². The van der Waals surface area contributed by atoms with Crippen LogP contribution >= 0.6 is 11.8 Å². The summed E-state index contributed by atoms with van der Waals surface area (Å²) in [5, 5.41) is 5.03. The maximum atomic E-state index is 5.81. The summed E-state index contributed by atoms with van der Waals surface area (Å²) in [7, 11) is 0. The molecule has 3 heterocycles. The van der Waals surface area contributed by atoms with Crippen LogP contribution in [0, 0.1) is 6.92 Å². The largest absolute Gasteiger partial charge is 0.441 e. The maximum Gasteiger partial charge on any atom is 0.226 e. The smallest absolute Gasteiger partial charge is 0.226 e. The van der Waals surface area contributed by atoms with Gasteiger partial charge in [-0.25, -0.2) is 19.6 Å².